The fraction of sp³-hybridized carbons (Fsp3) is 0.357. The van der Waals surface area contributed by atoms with Crippen LogP contribution in [0.25, 0.3) is 11.0 Å². The van der Waals surface area contributed by atoms with E-state index in [1.807, 2.05) is 30.5 Å². The van der Waals surface area contributed by atoms with Crippen molar-refractivity contribution in [1.29, 1.82) is 5.26 Å². The van der Waals surface area contributed by atoms with Crippen molar-refractivity contribution < 1.29 is 4.79 Å². The Morgan fingerprint density at radius 3 is 2.95 bits per heavy atom. The Balaban J connectivity index is 2.27. The van der Waals surface area contributed by atoms with Crippen LogP contribution in [0.15, 0.2) is 18.2 Å². The van der Waals surface area contributed by atoms with Gasteiger partial charge in [-0.3, -0.25) is 4.79 Å². The van der Waals surface area contributed by atoms with Crippen LogP contribution in [0.3, 0.4) is 0 Å². The minimum absolute atomic E-state index is 0.00677. The summed E-state index contributed by atoms with van der Waals surface area (Å²) in [6.07, 6.45) is 0.357. The monoisotopic (exact) mass is 288 g/mol. The van der Waals surface area contributed by atoms with Crippen LogP contribution in [0.5, 0.6) is 0 Å². The Morgan fingerprint density at radius 2 is 2.30 bits per heavy atom. The molecule has 0 atom stereocenters. The van der Waals surface area contributed by atoms with Crippen LogP contribution in [0.4, 0.5) is 0 Å². The number of hydrogen-bond donors (Lipinski definition) is 2. The molecule has 0 radical (unpaired) electrons. The maximum atomic E-state index is 11.7. The van der Waals surface area contributed by atoms with Crippen molar-refractivity contribution in [2.24, 2.45) is 0 Å². The predicted molar refractivity (Wildman–Crippen MR) is 79.7 cm³/mol. The Bertz CT molecular complexity index is 736. The molecule has 20 heavy (non-hydrogen) atoms. The van der Waals surface area contributed by atoms with Crippen molar-refractivity contribution >= 4 is 29.2 Å². The number of carbonyl (C=O) groups is 1. The number of imidazole rings is 1. The first-order valence-corrected chi connectivity index (χ1v) is 6.84. The van der Waals surface area contributed by atoms with Gasteiger partial charge in [0.05, 0.1) is 16.6 Å². The molecule has 2 rings (SSSR count). The number of benzene rings is 1. The SMILES string of the molecule is CC(C)NC(=O)CCn1c(=S)[nH]c2c(C#N)cccc21. The molecular formula is C14H16N4OS. The van der Waals surface area contributed by atoms with E-state index in [9.17, 15) is 4.79 Å². The maximum Gasteiger partial charge on any atom is 0.221 e. The molecule has 6 heteroatoms. The van der Waals surface area contributed by atoms with Crippen LogP contribution >= 0.6 is 12.2 Å². The van der Waals surface area contributed by atoms with Gasteiger partial charge in [-0.1, -0.05) is 6.07 Å². The standard InChI is InChI=1S/C14H16N4OS/c1-9(2)16-12(19)6-7-18-11-5-3-4-10(8-15)13(11)17-14(18)20/h3-5,9H,6-7H2,1-2H3,(H,16,19)(H,17,20). The summed E-state index contributed by atoms with van der Waals surface area (Å²) in [5.41, 5.74) is 2.13. The highest BCUT2D eigenvalue weighted by Gasteiger charge is 2.10. The molecule has 0 bridgehead atoms. The zero-order valence-electron chi connectivity index (χ0n) is 11.4. The third-order valence-electron chi connectivity index (χ3n) is 2.94. The second kappa shape index (κ2) is 5.88. The molecule has 1 aromatic carbocycles. The summed E-state index contributed by atoms with van der Waals surface area (Å²) in [4.78, 5) is 14.7. The molecule has 0 aliphatic heterocycles. The van der Waals surface area contributed by atoms with E-state index in [2.05, 4.69) is 16.4 Å². The van der Waals surface area contributed by atoms with E-state index in [-0.39, 0.29) is 11.9 Å². The summed E-state index contributed by atoms with van der Waals surface area (Å²) in [6, 6.07) is 7.70. The predicted octanol–water partition coefficient (Wildman–Crippen LogP) is 2.49. The Hall–Kier alpha value is -2.13. The Kier molecular flexibility index (Phi) is 4.20. The van der Waals surface area contributed by atoms with Crippen molar-refractivity contribution in [3.8, 4) is 6.07 Å². The fourth-order valence-corrected chi connectivity index (χ4v) is 2.39. The van der Waals surface area contributed by atoms with Gasteiger partial charge in [0.25, 0.3) is 0 Å². The van der Waals surface area contributed by atoms with Crippen molar-refractivity contribution in [3.63, 3.8) is 0 Å². The molecule has 0 aliphatic rings. The number of rotatable bonds is 4. The highest BCUT2D eigenvalue weighted by atomic mass is 32.1. The summed E-state index contributed by atoms with van der Waals surface area (Å²) in [6.45, 7) is 4.34. The first-order valence-electron chi connectivity index (χ1n) is 6.44. The number of carbonyl (C=O) groups excluding carboxylic acids is 1. The van der Waals surface area contributed by atoms with Gasteiger partial charge in [0.1, 0.15) is 6.07 Å². The largest absolute Gasteiger partial charge is 0.354 e. The first-order chi connectivity index (χ1) is 9.52. The summed E-state index contributed by atoms with van der Waals surface area (Å²) < 4.78 is 2.38. The molecule has 104 valence electrons. The lowest BCUT2D eigenvalue weighted by Gasteiger charge is -2.09. The molecule has 0 fully saturated rings. The van der Waals surface area contributed by atoms with Crippen LogP contribution in [-0.4, -0.2) is 21.5 Å². The highest BCUT2D eigenvalue weighted by Crippen LogP contribution is 2.18. The molecule has 1 aromatic heterocycles. The van der Waals surface area contributed by atoms with Gasteiger partial charge in [-0.2, -0.15) is 5.26 Å². The second-order valence-electron chi connectivity index (χ2n) is 4.87. The lowest BCUT2D eigenvalue weighted by atomic mass is 10.2. The normalized spacial score (nSPS) is 10.7. The van der Waals surface area contributed by atoms with Gasteiger partial charge in [-0.25, -0.2) is 0 Å². The number of fused-ring (bicyclic) bond motifs is 1. The van der Waals surface area contributed by atoms with Gasteiger partial charge in [-0.05, 0) is 38.2 Å². The number of aromatic nitrogens is 2. The number of amides is 1. The molecule has 0 spiro atoms. The van der Waals surface area contributed by atoms with Crippen LogP contribution in [-0.2, 0) is 11.3 Å². The molecule has 1 amide bonds. The first kappa shape index (κ1) is 14.3. The van der Waals surface area contributed by atoms with E-state index in [4.69, 9.17) is 17.5 Å². The zero-order valence-corrected chi connectivity index (χ0v) is 12.3. The van der Waals surface area contributed by atoms with Gasteiger partial charge in [-0.15, -0.1) is 0 Å². The van der Waals surface area contributed by atoms with Crippen LogP contribution < -0.4 is 5.32 Å². The number of aryl methyl sites for hydroxylation is 1. The number of nitrogens with one attached hydrogen (secondary N) is 2. The average molecular weight is 288 g/mol. The molecule has 0 aliphatic carbocycles. The van der Waals surface area contributed by atoms with E-state index in [0.717, 1.165) is 11.0 Å². The summed E-state index contributed by atoms with van der Waals surface area (Å²) >= 11 is 5.27. The number of aromatic amines is 1. The van der Waals surface area contributed by atoms with Crippen LogP contribution in [0, 0.1) is 16.1 Å². The average Bonchev–Trinajstić information content (AvgIpc) is 2.71. The van der Waals surface area contributed by atoms with Crippen LogP contribution in [0.1, 0.15) is 25.8 Å². The van der Waals surface area contributed by atoms with Gasteiger partial charge in [0.2, 0.25) is 5.91 Å². The number of nitrogens with zero attached hydrogens (tertiary/aromatic N) is 2. The Morgan fingerprint density at radius 1 is 1.55 bits per heavy atom. The minimum atomic E-state index is -0.00677. The molecule has 0 unspecified atom stereocenters. The van der Waals surface area contributed by atoms with Gasteiger partial charge < -0.3 is 14.9 Å². The molecule has 5 nitrogen and oxygen atoms in total. The molecule has 0 saturated heterocycles. The van der Waals surface area contributed by atoms with Crippen LogP contribution in [0.2, 0.25) is 0 Å². The smallest absolute Gasteiger partial charge is 0.221 e. The van der Waals surface area contributed by atoms with E-state index < -0.39 is 0 Å². The highest BCUT2D eigenvalue weighted by molar-refractivity contribution is 7.71. The van der Waals surface area contributed by atoms with Crippen molar-refractivity contribution in [1.82, 2.24) is 14.9 Å². The summed E-state index contributed by atoms with van der Waals surface area (Å²) in [5, 5.41) is 11.9. The second-order valence-corrected chi connectivity index (χ2v) is 5.25. The topological polar surface area (TPSA) is 73.6 Å². The molecule has 1 heterocycles. The zero-order chi connectivity index (χ0) is 14.7. The quantitative estimate of drug-likeness (QED) is 0.849. The van der Waals surface area contributed by atoms with E-state index in [1.165, 1.54) is 0 Å². The van der Waals surface area contributed by atoms with Gasteiger partial charge in [0.15, 0.2) is 4.77 Å². The third-order valence-corrected chi connectivity index (χ3v) is 3.27. The van der Waals surface area contributed by atoms with E-state index in [0.29, 0.717) is 23.3 Å². The summed E-state index contributed by atoms with van der Waals surface area (Å²) in [7, 11) is 0. The van der Waals surface area contributed by atoms with Gasteiger partial charge in [0, 0.05) is 19.0 Å². The van der Waals surface area contributed by atoms with E-state index >= 15 is 0 Å². The molecule has 0 saturated carbocycles. The van der Waals surface area contributed by atoms with Gasteiger partial charge >= 0.3 is 0 Å². The lowest BCUT2D eigenvalue weighted by molar-refractivity contribution is -0.121. The van der Waals surface area contributed by atoms with Crippen molar-refractivity contribution in [3.05, 3.63) is 28.5 Å². The van der Waals surface area contributed by atoms with Crippen molar-refractivity contribution in [2.45, 2.75) is 32.9 Å². The van der Waals surface area contributed by atoms with Crippen molar-refractivity contribution in [2.75, 3.05) is 0 Å². The fourth-order valence-electron chi connectivity index (χ4n) is 2.10. The lowest BCUT2D eigenvalue weighted by Crippen LogP contribution is -2.30. The van der Waals surface area contributed by atoms with E-state index in [1.54, 1.807) is 6.07 Å². The Labute approximate surface area is 122 Å². The third kappa shape index (κ3) is 2.89. The number of H-pyrrole nitrogens is 1. The number of para-hydroxylation sites is 1. The minimum Gasteiger partial charge on any atom is -0.354 e. The number of hydrogen-bond acceptors (Lipinski definition) is 3. The molecule has 2 N–H and O–H groups in total. The summed E-state index contributed by atoms with van der Waals surface area (Å²) in [5.74, 6) is -0.00677. The maximum absolute atomic E-state index is 11.7. The molecule has 2 aromatic rings. The number of nitriles is 1. The molecular weight excluding hydrogens is 272 g/mol.